The van der Waals surface area contributed by atoms with Gasteiger partial charge in [-0.3, -0.25) is 0 Å². The molecule has 0 saturated carbocycles. The number of unbranched alkanes of at least 4 members (excludes halogenated alkanes) is 11. The molecule has 0 radical (unpaired) electrons. The summed E-state index contributed by atoms with van der Waals surface area (Å²) in [6.07, 6.45) is 15.9. The highest BCUT2D eigenvalue weighted by Gasteiger charge is 2.27. The second kappa shape index (κ2) is 20.0. The summed E-state index contributed by atoms with van der Waals surface area (Å²) in [5.74, 6) is -0.336. The Labute approximate surface area is 179 Å². The fraction of sp³-hybridized carbons (Fsp3) is 0.917. The predicted molar refractivity (Wildman–Crippen MR) is 120 cm³/mol. The van der Waals surface area contributed by atoms with Crippen molar-refractivity contribution < 1.29 is 19.1 Å². The normalized spacial score (nSPS) is 13.0. The number of esters is 1. The van der Waals surface area contributed by atoms with Gasteiger partial charge in [-0.25, -0.2) is 9.59 Å². The number of rotatable bonds is 19. The Morgan fingerprint density at radius 1 is 0.690 bits per heavy atom. The van der Waals surface area contributed by atoms with Crippen molar-refractivity contribution in [3.63, 3.8) is 0 Å². The minimum atomic E-state index is -0.637. The largest absolute Gasteiger partial charge is 0.464 e. The van der Waals surface area contributed by atoms with Crippen LogP contribution in [-0.4, -0.2) is 31.3 Å². The third-order valence-electron chi connectivity index (χ3n) is 5.46. The maximum Gasteiger partial charge on any atom is 0.407 e. The SMILES string of the molecule is CCCCCCCCCCCCCOC(=O)C(NC(=O)OCCCC)C(C)CC. The molecule has 0 bridgehead atoms. The van der Waals surface area contributed by atoms with Crippen molar-refractivity contribution in [1.29, 1.82) is 0 Å². The molecule has 0 aliphatic carbocycles. The Bertz CT molecular complexity index is 400. The molecule has 0 aromatic heterocycles. The van der Waals surface area contributed by atoms with Gasteiger partial charge >= 0.3 is 12.1 Å². The van der Waals surface area contributed by atoms with Gasteiger partial charge in [-0.1, -0.05) is 105 Å². The van der Waals surface area contributed by atoms with Crippen LogP contribution in [0.25, 0.3) is 0 Å². The zero-order chi connectivity index (χ0) is 21.7. The number of alkyl carbamates (subject to hydrolysis) is 1. The molecule has 1 amide bonds. The molecule has 0 aliphatic heterocycles. The first kappa shape index (κ1) is 27.7. The fourth-order valence-electron chi connectivity index (χ4n) is 3.18. The molecule has 2 unspecified atom stereocenters. The van der Waals surface area contributed by atoms with E-state index < -0.39 is 12.1 Å². The number of hydrogen-bond donors (Lipinski definition) is 1. The molecule has 0 fully saturated rings. The monoisotopic (exact) mass is 413 g/mol. The lowest BCUT2D eigenvalue weighted by Gasteiger charge is -2.22. The van der Waals surface area contributed by atoms with Crippen LogP contribution in [0.4, 0.5) is 4.79 Å². The average Bonchev–Trinajstić information content (AvgIpc) is 2.72. The number of carbonyl (C=O) groups excluding carboxylic acids is 2. The molecule has 5 nitrogen and oxygen atoms in total. The molecule has 0 aliphatic rings. The van der Waals surface area contributed by atoms with Crippen molar-refractivity contribution in [2.75, 3.05) is 13.2 Å². The Kier molecular flexibility index (Phi) is 19.2. The Morgan fingerprint density at radius 2 is 1.17 bits per heavy atom. The van der Waals surface area contributed by atoms with Gasteiger partial charge in [-0.2, -0.15) is 0 Å². The molecule has 0 spiro atoms. The van der Waals surface area contributed by atoms with Crippen LogP contribution in [0.3, 0.4) is 0 Å². The van der Waals surface area contributed by atoms with Gasteiger partial charge in [0.2, 0.25) is 0 Å². The van der Waals surface area contributed by atoms with Crippen molar-refractivity contribution in [2.45, 2.75) is 124 Å². The Balaban J connectivity index is 3.87. The number of hydrogen-bond acceptors (Lipinski definition) is 4. The van der Waals surface area contributed by atoms with E-state index in [2.05, 4.69) is 12.2 Å². The second-order valence-corrected chi connectivity index (χ2v) is 8.20. The predicted octanol–water partition coefficient (Wildman–Crippen LogP) is 6.78. The maximum absolute atomic E-state index is 12.4. The summed E-state index contributed by atoms with van der Waals surface area (Å²) in [5.41, 5.74) is 0. The first-order valence-corrected chi connectivity index (χ1v) is 12.2. The van der Waals surface area contributed by atoms with Crippen LogP contribution in [0.2, 0.25) is 0 Å². The summed E-state index contributed by atoms with van der Waals surface area (Å²) >= 11 is 0. The number of carbonyl (C=O) groups is 2. The molecule has 172 valence electrons. The van der Waals surface area contributed by atoms with Gasteiger partial charge in [-0.05, 0) is 18.8 Å². The van der Waals surface area contributed by atoms with Gasteiger partial charge in [0.05, 0.1) is 13.2 Å². The van der Waals surface area contributed by atoms with E-state index >= 15 is 0 Å². The second-order valence-electron chi connectivity index (χ2n) is 8.20. The highest BCUT2D eigenvalue weighted by molar-refractivity contribution is 5.81. The number of ether oxygens (including phenoxy) is 2. The number of nitrogens with one attached hydrogen (secondary N) is 1. The summed E-state index contributed by atoms with van der Waals surface area (Å²) in [4.78, 5) is 24.3. The lowest BCUT2D eigenvalue weighted by atomic mass is 9.99. The first-order valence-electron chi connectivity index (χ1n) is 12.2. The third-order valence-corrected chi connectivity index (χ3v) is 5.46. The lowest BCUT2D eigenvalue weighted by Crippen LogP contribution is -2.46. The fourth-order valence-corrected chi connectivity index (χ4v) is 3.18. The van der Waals surface area contributed by atoms with E-state index in [4.69, 9.17) is 9.47 Å². The minimum absolute atomic E-state index is 0.0125. The summed E-state index contributed by atoms with van der Waals surface area (Å²) in [5, 5.41) is 2.68. The van der Waals surface area contributed by atoms with E-state index in [9.17, 15) is 9.59 Å². The van der Waals surface area contributed by atoms with Crippen molar-refractivity contribution in [3.05, 3.63) is 0 Å². The van der Waals surface area contributed by atoms with Gasteiger partial charge in [0, 0.05) is 0 Å². The van der Waals surface area contributed by atoms with Crippen molar-refractivity contribution in [2.24, 2.45) is 5.92 Å². The minimum Gasteiger partial charge on any atom is -0.464 e. The lowest BCUT2D eigenvalue weighted by molar-refractivity contribution is -0.147. The molecule has 5 heteroatoms. The van der Waals surface area contributed by atoms with Gasteiger partial charge in [-0.15, -0.1) is 0 Å². The van der Waals surface area contributed by atoms with E-state index in [-0.39, 0.29) is 11.9 Å². The van der Waals surface area contributed by atoms with Gasteiger partial charge < -0.3 is 14.8 Å². The van der Waals surface area contributed by atoms with E-state index in [1.165, 1.54) is 57.8 Å². The van der Waals surface area contributed by atoms with Gasteiger partial charge in [0.25, 0.3) is 0 Å². The molecule has 0 aromatic rings. The smallest absolute Gasteiger partial charge is 0.407 e. The quantitative estimate of drug-likeness (QED) is 0.187. The molecule has 2 atom stereocenters. The summed E-state index contributed by atoms with van der Waals surface area (Å²) in [7, 11) is 0. The average molecular weight is 414 g/mol. The molecule has 29 heavy (non-hydrogen) atoms. The molecule has 0 rings (SSSR count). The van der Waals surface area contributed by atoms with Crippen molar-refractivity contribution in [3.8, 4) is 0 Å². The highest BCUT2D eigenvalue weighted by Crippen LogP contribution is 2.13. The Hall–Kier alpha value is -1.26. The molecular formula is C24H47NO4. The van der Waals surface area contributed by atoms with Crippen molar-refractivity contribution >= 4 is 12.1 Å². The van der Waals surface area contributed by atoms with Crippen LogP contribution >= 0.6 is 0 Å². The van der Waals surface area contributed by atoms with Gasteiger partial charge in [0.1, 0.15) is 6.04 Å². The molecule has 0 saturated heterocycles. The van der Waals surface area contributed by atoms with Crippen LogP contribution in [0.1, 0.15) is 118 Å². The Morgan fingerprint density at radius 3 is 1.69 bits per heavy atom. The molecule has 0 heterocycles. The standard InChI is InChI=1S/C24H47NO4/c1-5-8-10-11-12-13-14-15-16-17-18-20-28-23(26)22(21(4)7-3)25-24(27)29-19-9-6-2/h21-22H,5-20H2,1-4H3,(H,25,27). The van der Waals surface area contributed by atoms with E-state index in [0.29, 0.717) is 13.2 Å². The van der Waals surface area contributed by atoms with Crippen LogP contribution in [0.15, 0.2) is 0 Å². The molecular weight excluding hydrogens is 366 g/mol. The van der Waals surface area contributed by atoms with Crippen LogP contribution in [0, 0.1) is 5.92 Å². The van der Waals surface area contributed by atoms with Crippen molar-refractivity contribution in [1.82, 2.24) is 5.32 Å². The van der Waals surface area contributed by atoms with Crippen LogP contribution < -0.4 is 5.32 Å². The van der Waals surface area contributed by atoms with Crippen LogP contribution in [0.5, 0.6) is 0 Å². The first-order chi connectivity index (χ1) is 14.1. The van der Waals surface area contributed by atoms with Gasteiger partial charge in [0.15, 0.2) is 0 Å². The van der Waals surface area contributed by atoms with E-state index in [0.717, 1.165) is 32.1 Å². The van der Waals surface area contributed by atoms with E-state index in [1.54, 1.807) is 0 Å². The highest BCUT2D eigenvalue weighted by atomic mass is 16.6. The summed E-state index contributed by atoms with van der Waals surface area (Å²) in [6, 6.07) is -0.637. The zero-order valence-electron chi connectivity index (χ0n) is 19.6. The molecule has 0 aromatic carbocycles. The van der Waals surface area contributed by atoms with E-state index in [1.807, 2.05) is 20.8 Å². The topological polar surface area (TPSA) is 64.6 Å². The summed E-state index contributed by atoms with van der Waals surface area (Å²) < 4.78 is 10.5. The number of amides is 1. The summed E-state index contributed by atoms with van der Waals surface area (Å²) in [6.45, 7) is 9.04. The zero-order valence-corrected chi connectivity index (χ0v) is 19.6. The van der Waals surface area contributed by atoms with Crippen LogP contribution in [-0.2, 0) is 14.3 Å². The maximum atomic E-state index is 12.4. The molecule has 1 N–H and O–H groups in total. The third kappa shape index (κ3) is 16.2.